The van der Waals surface area contributed by atoms with Gasteiger partial charge < -0.3 is 15.1 Å². The lowest BCUT2D eigenvalue weighted by molar-refractivity contribution is -0.136. The van der Waals surface area contributed by atoms with Crippen LogP contribution in [0.2, 0.25) is 0 Å². The molecule has 0 aliphatic carbocycles. The smallest absolute Gasteiger partial charge is 0.335 e. The SMILES string of the molecule is Cc1ccc(C(=O)O)cc1N(CCC(=O)O)CCC(C)C. The quantitative estimate of drug-likeness (QED) is 0.770. The number of aryl methyl sites for hydroxylation is 1. The van der Waals surface area contributed by atoms with Crippen molar-refractivity contribution in [1.82, 2.24) is 0 Å². The summed E-state index contributed by atoms with van der Waals surface area (Å²) < 4.78 is 0. The number of hydrogen-bond donors (Lipinski definition) is 2. The van der Waals surface area contributed by atoms with Gasteiger partial charge in [0.1, 0.15) is 0 Å². The third kappa shape index (κ3) is 5.45. The van der Waals surface area contributed by atoms with Crippen molar-refractivity contribution in [2.24, 2.45) is 5.92 Å². The Labute approximate surface area is 125 Å². The van der Waals surface area contributed by atoms with E-state index in [1.165, 1.54) is 0 Å². The van der Waals surface area contributed by atoms with Gasteiger partial charge in [0.15, 0.2) is 0 Å². The van der Waals surface area contributed by atoms with Crippen molar-refractivity contribution < 1.29 is 19.8 Å². The summed E-state index contributed by atoms with van der Waals surface area (Å²) in [5, 5.41) is 18.0. The summed E-state index contributed by atoms with van der Waals surface area (Å²) in [6.45, 7) is 7.22. The van der Waals surface area contributed by atoms with Gasteiger partial charge in [0, 0.05) is 18.8 Å². The Morgan fingerprint density at radius 3 is 2.38 bits per heavy atom. The average Bonchev–Trinajstić information content (AvgIpc) is 2.39. The number of carboxylic acids is 2. The van der Waals surface area contributed by atoms with E-state index in [4.69, 9.17) is 10.2 Å². The van der Waals surface area contributed by atoms with E-state index in [9.17, 15) is 9.59 Å². The Balaban J connectivity index is 3.01. The van der Waals surface area contributed by atoms with E-state index >= 15 is 0 Å². The Hall–Kier alpha value is -2.04. The molecule has 0 heterocycles. The highest BCUT2D eigenvalue weighted by Gasteiger charge is 2.14. The number of benzene rings is 1. The maximum absolute atomic E-state index is 11.1. The number of aromatic carboxylic acids is 1. The predicted molar refractivity (Wildman–Crippen MR) is 82.1 cm³/mol. The summed E-state index contributed by atoms with van der Waals surface area (Å²) >= 11 is 0. The topological polar surface area (TPSA) is 77.8 Å². The van der Waals surface area contributed by atoms with Gasteiger partial charge >= 0.3 is 11.9 Å². The molecule has 116 valence electrons. The van der Waals surface area contributed by atoms with E-state index in [0.29, 0.717) is 12.5 Å². The Morgan fingerprint density at radius 2 is 1.86 bits per heavy atom. The van der Waals surface area contributed by atoms with Crippen molar-refractivity contribution in [3.63, 3.8) is 0 Å². The number of aliphatic carboxylic acids is 1. The monoisotopic (exact) mass is 293 g/mol. The molecule has 0 aliphatic rings. The zero-order valence-corrected chi connectivity index (χ0v) is 12.8. The molecule has 0 radical (unpaired) electrons. The molecule has 5 nitrogen and oxygen atoms in total. The van der Waals surface area contributed by atoms with Gasteiger partial charge in [-0.3, -0.25) is 4.79 Å². The molecular weight excluding hydrogens is 270 g/mol. The molecule has 1 aromatic carbocycles. The molecule has 0 unspecified atom stereocenters. The van der Waals surface area contributed by atoms with Crippen LogP contribution >= 0.6 is 0 Å². The lowest BCUT2D eigenvalue weighted by Gasteiger charge is -2.27. The minimum atomic E-state index is -0.974. The molecule has 0 spiro atoms. The number of nitrogens with zero attached hydrogens (tertiary/aromatic N) is 1. The van der Waals surface area contributed by atoms with Crippen LogP contribution in [-0.4, -0.2) is 35.2 Å². The first-order valence-corrected chi connectivity index (χ1v) is 7.12. The number of rotatable bonds is 8. The highest BCUT2D eigenvalue weighted by molar-refractivity contribution is 5.89. The van der Waals surface area contributed by atoms with Gasteiger partial charge in [-0.2, -0.15) is 0 Å². The van der Waals surface area contributed by atoms with Crippen molar-refractivity contribution in [2.45, 2.75) is 33.6 Å². The van der Waals surface area contributed by atoms with Crippen LogP contribution in [0.3, 0.4) is 0 Å². The van der Waals surface area contributed by atoms with Gasteiger partial charge in [-0.25, -0.2) is 4.79 Å². The molecule has 0 amide bonds. The number of carboxylic acid groups (broad SMARTS) is 2. The first-order chi connectivity index (χ1) is 9.81. The second-order valence-corrected chi connectivity index (χ2v) is 5.62. The molecule has 21 heavy (non-hydrogen) atoms. The Bertz CT molecular complexity index is 511. The largest absolute Gasteiger partial charge is 0.481 e. The van der Waals surface area contributed by atoms with Gasteiger partial charge in [0.2, 0.25) is 0 Å². The van der Waals surface area contributed by atoms with Crippen LogP contribution in [0, 0.1) is 12.8 Å². The fourth-order valence-corrected chi connectivity index (χ4v) is 2.08. The Morgan fingerprint density at radius 1 is 1.19 bits per heavy atom. The first-order valence-electron chi connectivity index (χ1n) is 7.12. The molecule has 1 aromatic rings. The summed E-state index contributed by atoms with van der Waals surface area (Å²) in [4.78, 5) is 23.9. The maximum atomic E-state index is 11.1. The third-order valence-corrected chi connectivity index (χ3v) is 3.37. The molecule has 0 aromatic heterocycles. The molecule has 0 fully saturated rings. The fraction of sp³-hybridized carbons (Fsp3) is 0.500. The van der Waals surface area contributed by atoms with Crippen LogP contribution in [0.25, 0.3) is 0 Å². The molecule has 0 saturated heterocycles. The highest BCUT2D eigenvalue weighted by Crippen LogP contribution is 2.23. The normalized spacial score (nSPS) is 10.7. The molecule has 0 aliphatic heterocycles. The minimum Gasteiger partial charge on any atom is -0.481 e. The maximum Gasteiger partial charge on any atom is 0.335 e. The van der Waals surface area contributed by atoms with Crippen LogP contribution in [0.1, 0.15) is 42.6 Å². The van der Waals surface area contributed by atoms with E-state index in [1.807, 2.05) is 11.8 Å². The standard InChI is InChI=1S/C16H23NO4/c1-11(2)6-8-17(9-7-15(18)19)14-10-13(16(20)21)5-4-12(14)3/h4-5,10-11H,6-9H2,1-3H3,(H,18,19)(H,20,21). The van der Waals surface area contributed by atoms with E-state index < -0.39 is 11.9 Å². The van der Waals surface area contributed by atoms with Crippen LogP contribution < -0.4 is 4.90 Å². The van der Waals surface area contributed by atoms with Crippen LogP contribution in [-0.2, 0) is 4.79 Å². The predicted octanol–water partition coefficient (Wildman–Crippen LogP) is 3.02. The van der Waals surface area contributed by atoms with Crippen molar-refractivity contribution >= 4 is 17.6 Å². The number of anilines is 1. The molecular formula is C16H23NO4. The van der Waals surface area contributed by atoms with Crippen LogP contribution in [0.15, 0.2) is 18.2 Å². The van der Waals surface area contributed by atoms with Gasteiger partial charge in [-0.05, 0) is 37.0 Å². The first kappa shape index (κ1) is 17.0. The summed E-state index contributed by atoms with van der Waals surface area (Å²) in [7, 11) is 0. The van der Waals surface area contributed by atoms with Crippen molar-refractivity contribution in [3.05, 3.63) is 29.3 Å². The lowest BCUT2D eigenvalue weighted by Crippen LogP contribution is -2.29. The summed E-state index contributed by atoms with van der Waals surface area (Å²) in [5.41, 5.74) is 1.98. The molecule has 0 bridgehead atoms. The van der Waals surface area contributed by atoms with E-state index in [2.05, 4.69) is 13.8 Å². The number of carbonyl (C=O) groups is 2. The molecule has 2 N–H and O–H groups in total. The summed E-state index contributed by atoms with van der Waals surface area (Å²) in [5.74, 6) is -1.32. The third-order valence-electron chi connectivity index (χ3n) is 3.37. The van der Waals surface area contributed by atoms with Gasteiger partial charge in [-0.15, -0.1) is 0 Å². The second-order valence-electron chi connectivity index (χ2n) is 5.62. The van der Waals surface area contributed by atoms with Crippen LogP contribution in [0.4, 0.5) is 5.69 Å². The van der Waals surface area contributed by atoms with Gasteiger partial charge in [0.05, 0.1) is 12.0 Å². The van der Waals surface area contributed by atoms with Crippen molar-refractivity contribution in [2.75, 3.05) is 18.0 Å². The second kappa shape index (κ2) is 7.67. The van der Waals surface area contributed by atoms with Crippen LogP contribution in [0.5, 0.6) is 0 Å². The Kier molecular flexibility index (Phi) is 6.21. The molecule has 0 atom stereocenters. The average molecular weight is 293 g/mol. The summed E-state index contributed by atoms with van der Waals surface area (Å²) in [6, 6.07) is 4.96. The molecule has 5 heteroatoms. The molecule has 1 rings (SSSR count). The summed E-state index contributed by atoms with van der Waals surface area (Å²) in [6.07, 6.45) is 0.963. The highest BCUT2D eigenvalue weighted by atomic mass is 16.4. The zero-order chi connectivity index (χ0) is 16.0. The lowest BCUT2D eigenvalue weighted by atomic mass is 10.1. The van der Waals surface area contributed by atoms with Gasteiger partial charge in [0.25, 0.3) is 0 Å². The van der Waals surface area contributed by atoms with E-state index in [-0.39, 0.29) is 12.0 Å². The van der Waals surface area contributed by atoms with E-state index in [0.717, 1.165) is 24.2 Å². The minimum absolute atomic E-state index is 0.0365. The fourth-order valence-electron chi connectivity index (χ4n) is 2.08. The number of hydrogen-bond acceptors (Lipinski definition) is 3. The zero-order valence-electron chi connectivity index (χ0n) is 12.8. The van der Waals surface area contributed by atoms with E-state index in [1.54, 1.807) is 18.2 Å². The van der Waals surface area contributed by atoms with Gasteiger partial charge in [-0.1, -0.05) is 19.9 Å². The van der Waals surface area contributed by atoms with Crippen molar-refractivity contribution in [1.29, 1.82) is 0 Å². The van der Waals surface area contributed by atoms with Crippen molar-refractivity contribution in [3.8, 4) is 0 Å². The molecule has 0 saturated carbocycles.